The highest BCUT2D eigenvalue weighted by molar-refractivity contribution is 6.03. The summed E-state index contributed by atoms with van der Waals surface area (Å²) in [5, 5.41) is 5.46. The maximum absolute atomic E-state index is 12.4. The largest absolute Gasteiger partial charge is 0.323 e. The van der Waals surface area contributed by atoms with Crippen LogP contribution in [0, 0.1) is 11.8 Å². The van der Waals surface area contributed by atoms with Gasteiger partial charge in [0.2, 0.25) is 17.7 Å². The molecule has 6 heteroatoms. The van der Waals surface area contributed by atoms with Crippen molar-refractivity contribution in [3.05, 3.63) is 0 Å². The van der Waals surface area contributed by atoms with Crippen LogP contribution in [-0.4, -0.2) is 48.3 Å². The number of piperazine rings is 1. The number of fused-ring (bicyclic) bond motifs is 1. The summed E-state index contributed by atoms with van der Waals surface area (Å²) in [6.07, 6.45) is 3.43. The number of hydrogen-bond donors (Lipinski definition) is 2. The molecule has 18 heavy (non-hydrogen) atoms. The fourth-order valence-electron chi connectivity index (χ4n) is 3.45. The summed E-state index contributed by atoms with van der Waals surface area (Å²) in [5.74, 6) is 0.111. The van der Waals surface area contributed by atoms with Crippen molar-refractivity contribution < 1.29 is 14.4 Å². The molecular weight excluding hydrogens is 234 g/mol. The quantitative estimate of drug-likeness (QED) is 0.577. The SMILES string of the molecule is O=C1CN(C(=O)C2NCC3CCCC32)CC(=O)N1. The fraction of sp³-hybridized carbons (Fsp3) is 0.750. The minimum atomic E-state index is -0.388. The third-order valence-corrected chi connectivity index (χ3v) is 4.27. The van der Waals surface area contributed by atoms with E-state index in [-0.39, 0.29) is 36.9 Å². The molecule has 2 aliphatic heterocycles. The predicted octanol–water partition coefficient (Wildman–Crippen LogP) is -1.14. The van der Waals surface area contributed by atoms with E-state index in [0.717, 1.165) is 13.0 Å². The van der Waals surface area contributed by atoms with Gasteiger partial charge in [0, 0.05) is 0 Å². The Kier molecular flexibility index (Phi) is 2.81. The fourth-order valence-corrected chi connectivity index (χ4v) is 3.45. The third-order valence-electron chi connectivity index (χ3n) is 4.27. The lowest BCUT2D eigenvalue weighted by Gasteiger charge is -2.29. The van der Waals surface area contributed by atoms with Gasteiger partial charge in [-0.2, -0.15) is 0 Å². The molecule has 0 aromatic carbocycles. The van der Waals surface area contributed by atoms with Gasteiger partial charge < -0.3 is 10.2 Å². The summed E-state index contributed by atoms with van der Waals surface area (Å²) in [4.78, 5) is 36.3. The van der Waals surface area contributed by atoms with Gasteiger partial charge in [-0.3, -0.25) is 19.7 Å². The number of carbonyl (C=O) groups is 3. The minimum Gasteiger partial charge on any atom is -0.323 e. The number of nitrogens with zero attached hydrogens (tertiary/aromatic N) is 1. The van der Waals surface area contributed by atoms with Crippen LogP contribution < -0.4 is 10.6 Å². The Bertz CT molecular complexity index is 393. The highest BCUT2D eigenvalue weighted by Crippen LogP contribution is 2.38. The van der Waals surface area contributed by atoms with Crippen LogP contribution >= 0.6 is 0 Å². The number of imide groups is 1. The van der Waals surface area contributed by atoms with Gasteiger partial charge >= 0.3 is 0 Å². The predicted molar refractivity (Wildman–Crippen MR) is 62.4 cm³/mol. The first kappa shape index (κ1) is 11.6. The Morgan fingerprint density at radius 2 is 1.89 bits per heavy atom. The van der Waals surface area contributed by atoms with E-state index in [1.807, 2.05) is 0 Å². The van der Waals surface area contributed by atoms with E-state index in [0.29, 0.717) is 11.8 Å². The highest BCUT2D eigenvalue weighted by Gasteiger charge is 2.44. The second-order valence-electron chi connectivity index (χ2n) is 5.41. The van der Waals surface area contributed by atoms with E-state index in [4.69, 9.17) is 0 Å². The third kappa shape index (κ3) is 1.90. The molecule has 3 amide bonds. The lowest BCUT2D eigenvalue weighted by Crippen LogP contribution is -2.57. The molecule has 0 spiro atoms. The van der Waals surface area contributed by atoms with Crippen molar-refractivity contribution in [3.63, 3.8) is 0 Å². The molecule has 6 nitrogen and oxygen atoms in total. The Morgan fingerprint density at radius 1 is 1.17 bits per heavy atom. The molecule has 0 radical (unpaired) electrons. The standard InChI is InChI=1S/C12H17N3O3/c16-9-5-15(6-10(17)14-9)12(18)11-8-3-1-2-7(8)4-13-11/h7-8,11,13H,1-6H2,(H,14,16,17). The summed E-state index contributed by atoms with van der Waals surface area (Å²) in [7, 11) is 0. The summed E-state index contributed by atoms with van der Waals surface area (Å²) in [5.41, 5.74) is 0. The molecule has 3 atom stereocenters. The lowest BCUT2D eigenvalue weighted by molar-refractivity contribution is -0.146. The molecule has 98 valence electrons. The van der Waals surface area contributed by atoms with Gasteiger partial charge in [-0.15, -0.1) is 0 Å². The van der Waals surface area contributed by atoms with Crippen LogP contribution in [0.1, 0.15) is 19.3 Å². The van der Waals surface area contributed by atoms with Crippen LogP contribution in [0.4, 0.5) is 0 Å². The first-order valence-electron chi connectivity index (χ1n) is 6.50. The number of hydrogen-bond acceptors (Lipinski definition) is 4. The molecule has 3 fully saturated rings. The van der Waals surface area contributed by atoms with Crippen LogP contribution in [0.15, 0.2) is 0 Å². The van der Waals surface area contributed by atoms with E-state index in [1.54, 1.807) is 0 Å². The Morgan fingerprint density at radius 3 is 2.61 bits per heavy atom. The smallest absolute Gasteiger partial charge is 0.246 e. The molecule has 3 aliphatic rings. The van der Waals surface area contributed by atoms with Crippen molar-refractivity contribution in [2.45, 2.75) is 25.3 Å². The molecule has 0 aromatic heterocycles. The summed E-state index contributed by atoms with van der Waals surface area (Å²) in [6.45, 7) is 0.884. The van der Waals surface area contributed by atoms with E-state index >= 15 is 0 Å². The van der Waals surface area contributed by atoms with Gasteiger partial charge in [0.1, 0.15) is 13.1 Å². The van der Waals surface area contributed by atoms with E-state index in [2.05, 4.69) is 10.6 Å². The maximum atomic E-state index is 12.4. The Hall–Kier alpha value is -1.43. The van der Waals surface area contributed by atoms with Crippen LogP contribution in [0.25, 0.3) is 0 Å². The van der Waals surface area contributed by atoms with E-state index in [1.165, 1.54) is 17.7 Å². The zero-order valence-corrected chi connectivity index (χ0v) is 10.1. The first-order valence-corrected chi connectivity index (χ1v) is 6.50. The first-order chi connectivity index (χ1) is 8.65. The molecule has 2 saturated heterocycles. The molecule has 1 saturated carbocycles. The van der Waals surface area contributed by atoms with Crippen molar-refractivity contribution in [3.8, 4) is 0 Å². The van der Waals surface area contributed by atoms with Gasteiger partial charge in [-0.25, -0.2) is 0 Å². The topological polar surface area (TPSA) is 78.5 Å². The van der Waals surface area contributed by atoms with Crippen molar-refractivity contribution in [1.82, 2.24) is 15.5 Å². The van der Waals surface area contributed by atoms with Crippen LogP contribution in [0.5, 0.6) is 0 Å². The average Bonchev–Trinajstić information content (AvgIpc) is 2.88. The molecule has 1 aliphatic carbocycles. The van der Waals surface area contributed by atoms with Crippen LogP contribution in [0.3, 0.4) is 0 Å². The highest BCUT2D eigenvalue weighted by atomic mass is 16.2. The second-order valence-corrected chi connectivity index (χ2v) is 5.41. The van der Waals surface area contributed by atoms with Crippen molar-refractivity contribution in [2.75, 3.05) is 19.6 Å². The monoisotopic (exact) mass is 251 g/mol. The van der Waals surface area contributed by atoms with Gasteiger partial charge in [-0.05, 0) is 31.2 Å². The minimum absolute atomic E-state index is 0.000139. The summed E-state index contributed by atoms with van der Waals surface area (Å²) in [6, 6.07) is -0.198. The molecule has 0 aromatic rings. The maximum Gasteiger partial charge on any atom is 0.246 e. The van der Waals surface area contributed by atoms with Gasteiger partial charge in [0.15, 0.2) is 0 Å². The molecular formula is C12H17N3O3. The molecule has 0 bridgehead atoms. The van der Waals surface area contributed by atoms with Crippen molar-refractivity contribution in [1.29, 1.82) is 0 Å². The average molecular weight is 251 g/mol. The molecule has 2 N–H and O–H groups in total. The van der Waals surface area contributed by atoms with Gasteiger partial charge in [0.05, 0.1) is 6.04 Å². The molecule has 3 unspecified atom stereocenters. The van der Waals surface area contributed by atoms with Crippen LogP contribution in [0.2, 0.25) is 0 Å². The zero-order chi connectivity index (χ0) is 12.7. The van der Waals surface area contributed by atoms with Crippen LogP contribution in [-0.2, 0) is 14.4 Å². The number of amides is 3. The Labute approximate surface area is 105 Å². The Balaban J connectivity index is 1.70. The van der Waals surface area contributed by atoms with E-state index < -0.39 is 0 Å². The lowest BCUT2D eigenvalue weighted by atomic mass is 9.93. The van der Waals surface area contributed by atoms with Crippen molar-refractivity contribution in [2.24, 2.45) is 11.8 Å². The number of carbonyl (C=O) groups excluding carboxylic acids is 3. The van der Waals surface area contributed by atoms with Gasteiger partial charge in [0.25, 0.3) is 0 Å². The molecule has 3 rings (SSSR count). The van der Waals surface area contributed by atoms with Crippen molar-refractivity contribution >= 4 is 17.7 Å². The summed E-state index contributed by atoms with van der Waals surface area (Å²) >= 11 is 0. The number of rotatable bonds is 1. The second kappa shape index (κ2) is 4.35. The number of nitrogens with one attached hydrogen (secondary N) is 2. The van der Waals surface area contributed by atoms with E-state index in [9.17, 15) is 14.4 Å². The zero-order valence-electron chi connectivity index (χ0n) is 10.1. The summed E-state index contributed by atoms with van der Waals surface area (Å²) < 4.78 is 0. The van der Waals surface area contributed by atoms with Gasteiger partial charge in [-0.1, -0.05) is 6.42 Å². The molecule has 2 heterocycles. The normalized spacial score (nSPS) is 35.6.